The van der Waals surface area contributed by atoms with Gasteiger partial charge < -0.3 is 20.5 Å². The number of amides is 2. The zero-order chi connectivity index (χ0) is 19.9. The van der Waals surface area contributed by atoms with E-state index in [1.54, 1.807) is 24.3 Å². The summed E-state index contributed by atoms with van der Waals surface area (Å²) < 4.78 is 10.9. The van der Waals surface area contributed by atoms with Crippen molar-refractivity contribution >= 4 is 28.8 Å². The molecule has 3 aromatic rings. The van der Waals surface area contributed by atoms with Gasteiger partial charge in [0.15, 0.2) is 6.61 Å². The fourth-order valence-electron chi connectivity index (χ4n) is 2.52. The molecule has 0 unspecified atom stereocenters. The average Bonchev–Trinajstić information content (AvgIpc) is 3.12. The van der Waals surface area contributed by atoms with Crippen LogP contribution in [0.25, 0.3) is 10.4 Å². The van der Waals surface area contributed by atoms with Crippen LogP contribution in [0.3, 0.4) is 0 Å². The van der Waals surface area contributed by atoms with Crippen LogP contribution >= 0.6 is 11.3 Å². The third-order valence-electron chi connectivity index (χ3n) is 3.76. The molecule has 0 aliphatic carbocycles. The molecule has 2 aromatic carbocycles. The lowest BCUT2D eigenvalue weighted by atomic mass is 10.2. The van der Waals surface area contributed by atoms with Gasteiger partial charge in [-0.15, -0.1) is 11.3 Å². The average molecular weight is 396 g/mol. The number of nitrogens with two attached hydrogens (primary N) is 1. The van der Waals surface area contributed by atoms with Crippen molar-refractivity contribution in [3.63, 3.8) is 0 Å². The lowest BCUT2D eigenvalue weighted by Crippen LogP contribution is -2.20. The summed E-state index contributed by atoms with van der Waals surface area (Å²) in [6.07, 6.45) is 0. The van der Waals surface area contributed by atoms with Crippen LogP contribution in [-0.2, 0) is 4.79 Å². The third-order valence-corrected chi connectivity index (χ3v) is 4.92. The number of carbonyl (C=O) groups excluding carboxylic acids is 2. The van der Waals surface area contributed by atoms with Gasteiger partial charge in [0.25, 0.3) is 11.8 Å². The molecule has 0 aliphatic heterocycles. The molecule has 28 heavy (non-hydrogen) atoms. The minimum Gasteiger partial charge on any atom is -0.492 e. The maximum atomic E-state index is 12.8. The second-order valence-electron chi connectivity index (χ2n) is 5.84. The number of nitrogens with one attached hydrogen (secondary N) is 1. The van der Waals surface area contributed by atoms with Crippen LogP contribution in [0.15, 0.2) is 60.7 Å². The van der Waals surface area contributed by atoms with E-state index in [0.717, 1.165) is 10.4 Å². The van der Waals surface area contributed by atoms with Gasteiger partial charge in [-0.3, -0.25) is 9.59 Å². The maximum Gasteiger partial charge on any atom is 0.269 e. The molecule has 1 heterocycles. The summed E-state index contributed by atoms with van der Waals surface area (Å²) >= 11 is 1.38. The van der Waals surface area contributed by atoms with E-state index in [-0.39, 0.29) is 12.5 Å². The first-order valence-corrected chi connectivity index (χ1v) is 9.53. The molecule has 0 saturated heterocycles. The number of ether oxygens (including phenoxy) is 2. The van der Waals surface area contributed by atoms with Crippen molar-refractivity contribution in [3.05, 3.63) is 65.5 Å². The smallest absolute Gasteiger partial charge is 0.269 e. The van der Waals surface area contributed by atoms with E-state index in [1.165, 1.54) is 11.3 Å². The number of anilines is 1. The van der Waals surface area contributed by atoms with E-state index in [9.17, 15) is 9.59 Å². The summed E-state index contributed by atoms with van der Waals surface area (Å²) in [5, 5.41) is 2.86. The van der Waals surface area contributed by atoms with Crippen LogP contribution in [0, 0.1) is 0 Å². The highest BCUT2D eigenvalue weighted by Crippen LogP contribution is 2.36. The van der Waals surface area contributed by atoms with Gasteiger partial charge in [-0.25, -0.2) is 0 Å². The largest absolute Gasteiger partial charge is 0.492 e. The van der Waals surface area contributed by atoms with Crippen molar-refractivity contribution in [1.82, 2.24) is 0 Å². The van der Waals surface area contributed by atoms with E-state index in [2.05, 4.69) is 5.32 Å². The summed E-state index contributed by atoms with van der Waals surface area (Å²) in [6, 6.07) is 18.4. The Labute approximate surface area is 166 Å². The molecule has 0 radical (unpaired) electrons. The molecular formula is C21H20N2O4S. The number of hydrogen-bond acceptors (Lipinski definition) is 5. The number of carbonyl (C=O) groups is 2. The van der Waals surface area contributed by atoms with Gasteiger partial charge in [-0.05, 0) is 42.8 Å². The molecule has 1 aromatic heterocycles. The first-order chi connectivity index (χ1) is 13.6. The summed E-state index contributed by atoms with van der Waals surface area (Å²) in [4.78, 5) is 25.0. The van der Waals surface area contributed by atoms with Gasteiger partial charge in [0, 0.05) is 10.6 Å². The van der Waals surface area contributed by atoms with E-state index < -0.39 is 5.91 Å². The van der Waals surface area contributed by atoms with E-state index in [0.29, 0.717) is 28.7 Å². The van der Waals surface area contributed by atoms with Crippen LogP contribution in [0.2, 0.25) is 0 Å². The molecule has 3 N–H and O–H groups in total. The predicted molar refractivity (Wildman–Crippen MR) is 110 cm³/mol. The zero-order valence-corrected chi connectivity index (χ0v) is 16.1. The molecule has 0 saturated carbocycles. The standard InChI is InChI=1S/C21H20N2O4S/c1-2-26-17-12-18(14-6-4-3-5-7-14)28-20(17)21(25)23-15-8-10-16(11-9-15)27-13-19(22)24/h3-12H,2,13H2,1H3,(H2,22,24)(H,23,25). The second-order valence-corrected chi connectivity index (χ2v) is 6.89. The lowest BCUT2D eigenvalue weighted by molar-refractivity contribution is -0.119. The maximum absolute atomic E-state index is 12.8. The molecule has 2 amide bonds. The lowest BCUT2D eigenvalue weighted by Gasteiger charge is -2.08. The molecule has 0 bridgehead atoms. The van der Waals surface area contributed by atoms with Crippen LogP contribution < -0.4 is 20.5 Å². The van der Waals surface area contributed by atoms with Crippen LogP contribution in [0.1, 0.15) is 16.6 Å². The Morgan fingerprint density at radius 2 is 1.75 bits per heavy atom. The fraction of sp³-hybridized carbons (Fsp3) is 0.143. The SMILES string of the molecule is CCOc1cc(-c2ccccc2)sc1C(=O)Nc1ccc(OCC(N)=O)cc1. The molecule has 0 aliphatic rings. The molecule has 0 atom stereocenters. The van der Waals surface area contributed by atoms with Gasteiger partial charge in [0.2, 0.25) is 0 Å². The quantitative estimate of drug-likeness (QED) is 0.604. The zero-order valence-electron chi connectivity index (χ0n) is 15.3. The first-order valence-electron chi connectivity index (χ1n) is 8.71. The Morgan fingerprint density at radius 1 is 1.04 bits per heavy atom. The number of thiophene rings is 1. The summed E-state index contributed by atoms with van der Waals surface area (Å²) in [5.41, 5.74) is 6.69. The Hall–Kier alpha value is -3.32. The summed E-state index contributed by atoms with van der Waals surface area (Å²) in [5.74, 6) is 0.258. The molecule has 7 heteroatoms. The Balaban J connectivity index is 1.76. The Morgan fingerprint density at radius 3 is 2.39 bits per heavy atom. The molecule has 6 nitrogen and oxygen atoms in total. The normalized spacial score (nSPS) is 10.3. The van der Waals surface area contributed by atoms with Crippen LogP contribution in [0.5, 0.6) is 11.5 Å². The van der Waals surface area contributed by atoms with Gasteiger partial charge in [-0.1, -0.05) is 30.3 Å². The topological polar surface area (TPSA) is 90.7 Å². The van der Waals surface area contributed by atoms with Gasteiger partial charge >= 0.3 is 0 Å². The molecule has 0 spiro atoms. The van der Waals surface area contributed by atoms with Crippen molar-refractivity contribution in [2.45, 2.75) is 6.92 Å². The Kier molecular flexibility index (Phi) is 6.29. The summed E-state index contributed by atoms with van der Waals surface area (Å²) in [7, 11) is 0. The van der Waals surface area contributed by atoms with Crippen molar-refractivity contribution in [2.24, 2.45) is 5.73 Å². The van der Waals surface area contributed by atoms with Gasteiger partial charge in [0.1, 0.15) is 16.4 Å². The van der Waals surface area contributed by atoms with Gasteiger partial charge in [-0.2, -0.15) is 0 Å². The van der Waals surface area contributed by atoms with Gasteiger partial charge in [0.05, 0.1) is 6.61 Å². The third kappa shape index (κ3) is 4.89. The van der Waals surface area contributed by atoms with Crippen LogP contribution in [-0.4, -0.2) is 25.0 Å². The molecule has 144 valence electrons. The monoisotopic (exact) mass is 396 g/mol. The number of primary amides is 1. The van der Waals surface area contributed by atoms with Crippen LogP contribution in [0.4, 0.5) is 5.69 Å². The highest BCUT2D eigenvalue weighted by molar-refractivity contribution is 7.17. The first kappa shape index (κ1) is 19.4. The number of benzene rings is 2. The minimum atomic E-state index is -0.548. The Bertz CT molecular complexity index is 952. The number of rotatable bonds is 8. The highest BCUT2D eigenvalue weighted by atomic mass is 32.1. The van der Waals surface area contributed by atoms with Crippen molar-refractivity contribution in [1.29, 1.82) is 0 Å². The second kappa shape index (κ2) is 9.05. The molecule has 3 rings (SSSR count). The predicted octanol–water partition coefficient (Wildman–Crippen LogP) is 3.93. The molecule has 0 fully saturated rings. The van der Waals surface area contributed by atoms with E-state index in [4.69, 9.17) is 15.2 Å². The molecular weight excluding hydrogens is 376 g/mol. The van der Waals surface area contributed by atoms with E-state index >= 15 is 0 Å². The van der Waals surface area contributed by atoms with E-state index in [1.807, 2.05) is 43.3 Å². The van der Waals surface area contributed by atoms with Crippen molar-refractivity contribution in [3.8, 4) is 21.9 Å². The fourth-order valence-corrected chi connectivity index (χ4v) is 3.52. The number of hydrogen-bond donors (Lipinski definition) is 2. The highest BCUT2D eigenvalue weighted by Gasteiger charge is 2.18. The van der Waals surface area contributed by atoms with Crippen molar-refractivity contribution < 1.29 is 19.1 Å². The van der Waals surface area contributed by atoms with Crippen molar-refractivity contribution in [2.75, 3.05) is 18.5 Å². The summed E-state index contributed by atoms with van der Waals surface area (Å²) in [6.45, 7) is 2.16. The minimum absolute atomic E-state index is 0.194.